The maximum absolute atomic E-state index is 13.2. The second-order valence-electron chi connectivity index (χ2n) is 9.76. The average Bonchev–Trinajstić information content (AvgIpc) is 3.51. The van der Waals surface area contributed by atoms with E-state index in [-0.39, 0.29) is 18.4 Å². The Kier molecular flexibility index (Phi) is 7.70. The summed E-state index contributed by atoms with van der Waals surface area (Å²) >= 11 is 12.6. The molecule has 1 saturated carbocycles. The van der Waals surface area contributed by atoms with Gasteiger partial charge < -0.3 is 14.5 Å². The van der Waals surface area contributed by atoms with Crippen molar-refractivity contribution in [1.82, 2.24) is 14.7 Å². The maximum atomic E-state index is 13.2. The number of furan rings is 1. The molecule has 6 rings (SSSR count). The van der Waals surface area contributed by atoms with Crippen LogP contribution in [0, 0.1) is 0 Å². The van der Waals surface area contributed by atoms with Crippen LogP contribution in [0.3, 0.4) is 0 Å². The van der Waals surface area contributed by atoms with E-state index in [0.717, 1.165) is 47.2 Å². The lowest BCUT2D eigenvalue weighted by molar-refractivity contribution is -0.126. The number of hydrogen-bond donors (Lipinski definition) is 1. The van der Waals surface area contributed by atoms with Crippen molar-refractivity contribution in [2.75, 3.05) is 19.0 Å². The number of thiocarbonyl (C=S) groups is 1. The van der Waals surface area contributed by atoms with Crippen LogP contribution in [0.25, 0.3) is 17.4 Å². The van der Waals surface area contributed by atoms with Gasteiger partial charge in [0, 0.05) is 28.6 Å². The van der Waals surface area contributed by atoms with Crippen molar-refractivity contribution < 1.29 is 18.7 Å². The fourth-order valence-electron chi connectivity index (χ4n) is 4.43. The Hall–Kier alpha value is -3.86. The van der Waals surface area contributed by atoms with Crippen molar-refractivity contribution in [2.45, 2.75) is 25.3 Å². The summed E-state index contributed by atoms with van der Waals surface area (Å²) < 4.78 is 13.3. The van der Waals surface area contributed by atoms with Crippen LogP contribution < -0.4 is 10.1 Å². The molecule has 4 aromatic rings. The summed E-state index contributed by atoms with van der Waals surface area (Å²) in [6.07, 6.45) is 3.82. The standard InChI is InChI=1S/C30H25ClN4O4S2/c1-38-22-10-2-18(3-11-22)16-35-27(15-24(33-35)19-4-5-19)32-28(36)17-34-29(37)26(41-30(34)40)14-23-12-13-25(39-23)20-6-8-21(31)9-7-20/h2-3,6-15,19H,4-5,16-17H2,1H3,(H,32,36)/b26-14-. The Morgan fingerprint density at radius 2 is 1.93 bits per heavy atom. The Balaban J connectivity index is 1.13. The van der Waals surface area contributed by atoms with Crippen LogP contribution in [0.4, 0.5) is 5.82 Å². The van der Waals surface area contributed by atoms with E-state index in [0.29, 0.717) is 44.0 Å². The zero-order valence-electron chi connectivity index (χ0n) is 22.0. The van der Waals surface area contributed by atoms with Gasteiger partial charge in [0.1, 0.15) is 34.0 Å². The number of carbonyl (C=O) groups excluding carboxylic acids is 2. The molecule has 0 radical (unpaired) electrons. The van der Waals surface area contributed by atoms with Crippen LogP contribution in [0.5, 0.6) is 5.75 Å². The van der Waals surface area contributed by atoms with Crippen molar-refractivity contribution >= 4 is 63.6 Å². The minimum absolute atomic E-state index is 0.206. The smallest absolute Gasteiger partial charge is 0.266 e. The molecule has 1 aliphatic heterocycles. The van der Waals surface area contributed by atoms with E-state index in [1.165, 1.54) is 4.90 Å². The average molecular weight is 605 g/mol. The van der Waals surface area contributed by atoms with Crippen LogP contribution in [0.2, 0.25) is 5.02 Å². The summed E-state index contributed by atoms with van der Waals surface area (Å²) in [4.78, 5) is 28.0. The molecule has 2 aromatic carbocycles. The first-order chi connectivity index (χ1) is 19.9. The van der Waals surface area contributed by atoms with E-state index < -0.39 is 0 Å². The van der Waals surface area contributed by atoms with E-state index in [2.05, 4.69) is 5.32 Å². The minimum Gasteiger partial charge on any atom is -0.497 e. The Labute approximate surface area is 251 Å². The van der Waals surface area contributed by atoms with Crippen LogP contribution in [0.15, 0.2) is 76.1 Å². The summed E-state index contributed by atoms with van der Waals surface area (Å²) in [6, 6.07) is 20.5. The minimum atomic E-state index is -0.358. The number of ether oxygens (including phenoxy) is 1. The second kappa shape index (κ2) is 11.6. The third kappa shape index (κ3) is 6.24. The van der Waals surface area contributed by atoms with Gasteiger partial charge in [-0.25, -0.2) is 4.68 Å². The molecule has 8 nitrogen and oxygen atoms in total. The van der Waals surface area contributed by atoms with Gasteiger partial charge in [-0.1, -0.05) is 47.7 Å². The van der Waals surface area contributed by atoms with Crippen molar-refractivity contribution in [3.05, 3.63) is 93.7 Å². The predicted molar refractivity (Wildman–Crippen MR) is 164 cm³/mol. The van der Waals surface area contributed by atoms with Gasteiger partial charge in [0.25, 0.3) is 5.91 Å². The molecule has 1 N–H and O–H groups in total. The lowest BCUT2D eigenvalue weighted by Crippen LogP contribution is -2.36. The molecule has 0 unspecified atom stereocenters. The molecule has 1 saturated heterocycles. The van der Waals surface area contributed by atoms with Gasteiger partial charge >= 0.3 is 0 Å². The molecule has 0 bridgehead atoms. The molecule has 1 aliphatic carbocycles. The number of benzene rings is 2. The SMILES string of the molecule is COc1ccc(Cn2nc(C3CC3)cc2NC(=O)CN2C(=O)/C(=C/c3ccc(-c4ccc(Cl)cc4)o3)SC2=S)cc1. The number of thioether (sulfide) groups is 1. The van der Waals surface area contributed by atoms with Crippen molar-refractivity contribution in [3.8, 4) is 17.1 Å². The van der Waals surface area contributed by atoms with Crippen LogP contribution >= 0.6 is 35.6 Å². The topological polar surface area (TPSA) is 89.6 Å². The summed E-state index contributed by atoms with van der Waals surface area (Å²) in [5.41, 5.74) is 2.85. The molecule has 2 fully saturated rings. The summed E-state index contributed by atoms with van der Waals surface area (Å²) in [5.74, 6) is 2.23. The van der Waals surface area contributed by atoms with Gasteiger partial charge in [0.05, 0.1) is 24.3 Å². The number of nitrogens with one attached hydrogen (secondary N) is 1. The lowest BCUT2D eigenvalue weighted by atomic mass is 10.2. The third-order valence-corrected chi connectivity index (χ3v) is 8.39. The number of amides is 2. The van der Waals surface area contributed by atoms with Crippen molar-refractivity contribution in [2.24, 2.45) is 0 Å². The first-order valence-electron chi connectivity index (χ1n) is 13.0. The second-order valence-corrected chi connectivity index (χ2v) is 11.9. The van der Waals surface area contributed by atoms with E-state index in [1.807, 2.05) is 48.5 Å². The highest BCUT2D eigenvalue weighted by Crippen LogP contribution is 2.40. The number of rotatable bonds is 9. The molecule has 2 aromatic heterocycles. The van der Waals surface area contributed by atoms with E-state index in [4.69, 9.17) is 38.1 Å². The normalized spacial score (nSPS) is 16.0. The quantitative estimate of drug-likeness (QED) is 0.171. The van der Waals surface area contributed by atoms with Crippen LogP contribution in [-0.4, -0.2) is 44.5 Å². The Morgan fingerprint density at radius 3 is 2.63 bits per heavy atom. The van der Waals surface area contributed by atoms with Gasteiger partial charge in [0.2, 0.25) is 5.91 Å². The lowest BCUT2D eigenvalue weighted by Gasteiger charge is -2.15. The van der Waals surface area contributed by atoms with Crippen LogP contribution in [0.1, 0.15) is 35.8 Å². The van der Waals surface area contributed by atoms with E-state index >= 15 is 0 Å². The maximum Gasteiger partial charge on any atom is 0.266 e. The highest BCUT2D eigenvalue weighted by atomic mass is 35.5. The summed E-state index contributed by atoms with van der Waals surface area (Å²) in [7, 11) is 1.63. The van der Waals surface area contributed by atoms with Crippen molar-refractivity contribution in [1.29, 1.82) is 0 Å². The molecule has 0 spiro atoms. The monoisotopic (exact) mass is 604 g/mol. The van der Waals surface area contributed by atoms with Crippen molar-refractivity contribution in [3.63, 3.8) is 0 Å². The number of hydrogen-bond acceptors (Lipinski definition) is 7. The number of methoxy groups -OCH3 is 1. The van der Waals surface area contributed by atoms with Gasteiger partial charge in [-0.05, 0) is 66.9 Å². The van der Waals surface area contributed by atoms with Gasteiger partial charge in [-0.2, -0.15) is 5.10 Å². The van der Waals surface area contributed by atoms with E-state index in [1.54, 1.807) is 36.1 Å². The zero-order valence-corrected chi connectivity index (χ0v) is 24.4. The Morgan fingerprint density at radius 1 is 1.17 bits per heavy atom. The van der Waals surface area contributed by atoms with Gasteiger partial charge in [-0.15, -0.1) is 0 Å². The predicted octanol–water partition coefficient (Wildman–Crippen LogP) is 6.57. The summed E-state index contributed by atoms with van der Waals surface area (Å²) in [5, 5.41) is 8.32. The molecule has 41 heavy (non-hydrogen) atoms. The third-order valence-electron chi connectivity index (χ3n) is 6.76. The molecule has 3 heterocycles. The number of carbonyl (C=O) groups is 2. The number of aromatic nitrogens is 2. The fraction of sp³-hybridized carbons (Fsp3) is 0.200. The Bertz CT molecular complexity index is 1660. The molecule has 2 amide bonds. The fourth-order valence-corrected chi connectivity index (χ4v) is 5.79. The number of anilines is 1. The molecule has 11 heteroatoms. The molecular formula is C30H25ClN4O4S2. The largest absolute Gasteiger partial charge is 0.497 e. The molecule has 208 valence electrons. The molecule has 0 atom stereocenters. The van der Waals surface area contributed by atoms with Gasteiger partial charge in [-0.3, -0.25) is 14.5 Å². The first kappa shape index (κ1) is 27.3. The van der Waals surface area contributed by atoms with Crippen LogP contribution in [-0.2, 0) is 16.1 Å². The van der Waals surface area contributed by atoms with Gasteiger partial charge in [0.15, 0.2) is 0 Å². The number of halogens is 1. The molecular weight excluding hydrogens is 580 g/mol. The van der Waals surface area contributed by atoms with E-state index in [9.17, 15) is 9.59 Å². The highest BCUT2D eigenvalue weighted by Gasteiger charge is 2.34. The molecule has 2 aliphatic rings. The summed E-state index contributed by atoms with van der Waals surface area (Å²) in [6.45, 7) is 0.278. The highest BCUT2D eigenvalue weighted by molar-refractivity contribution is 8.26. The zero-order chi connectivity index (χ0) is 28.5. The first-order valence-corrected chi connectivity index (χ1v) is 14.6. The number of nitrogens with zero attached hydrogens (tertiary/aromatic N) is 3.